The Balaban J connectivity index is 1.79. The van der Waals surface area contributed by atoms with E-state index in [0.29, 0.717) is 0 Å². The number of unbranched alkanes of at least 4 members (excludes halogenated alkanes) is 18. The van der Waals surface area contributed by atoms with Gasteiger partial charge in [-0.15, -0.1) is 0 Å². The zero-order chi connectivity index (χ0) is 31.9. The fraction of sp³-hybridized carbons (Fsp3) is 0.636. The Kier molecular flexibility index (Phi) is 24.4. The molecule has 0 aliphatic carbocycles. The molecular weight excluding hydrogens is 542 g/mol. The molecule has 0 N–H and O–H groups in total. The first-order chi connectivity index (χ1) is 22.3. The fourth-order valence-corrected chi connectivity index (χ4v) is 6.89. The van der Waals surface area contributed by atoms with E-state index in [0.717, 1.165) is 13.1 Å². The summed E-state index contributed by atoms with van der Waals surface area (Å²) in [6, 6.07) is 22.7. The second-order valence-electron chi connectivity index (χ2n) is 13.8. The molecule has 0 spiro atoms. The van der Waals surface area contributed by atoms with Crippen LogP contribution in [0.2, 0.25) is 0 Å². The molecule has 0 atom stereocenters. The third kappa shape index (κ3) is 21.3. The van der Waals surface area contributed by atoms with Crippen LogP contribution in [0.1, 0.15) is 166 Å². The van der Waals surface area contributed by atoms with Gasteiger partial charge < -0.3 is 4.48 Å². The van der Waals surface area contributed by atoms with Gasteiger partial charge >= 0.3 is 0 Å². The minimum Gasteiger partial charge on any atom is -0.316 e. The van der Waals surface area contributed by atoms with Gasteiger partial charge in [0.15, 0.2) is 0 Å². The molecule has 1 nitrogen and oxygen atoms in total. The average molecular weight is 615 g/mol. The van der Waals surface area contributed by atoms with Crippen molar-refractivity contribution in [1.82, 2.24) is 0 Å². The Labute approximate surface area is 281 Å². The van der Waals surface area contributed by atoms with Crippen molar-refractivity contribution < 1.29 is 4.48 Å². The SMILES string of the molecule is CC/C=C/CCCCCCCCCCC[N+](CCCCCCCCCCC/C=C/CC)(Cc1ccccc1)Cc1ccccc1. The number of nitrogens with zero attached hydrogens (tertiary/aromatic N) is 1. The molecule has 0 saturated carbocycles. The highest BCUT2D eigenvalue weighted by Gasteiger charge is 2.27. The summed E-state index contributed by atoms with van der Waals surface area (Å²) in [5.74, 6) is 0. The lowest BCUT2D eigenvalue weighted by Crippen LogP contribution is -2.48. The number of hydrogen-bond acceptors (Lipinski definition) is 0. The normalized spacial score (nSPS) is 12.1. The minimum absolute atomic E-state index is 1.16. The van der Waals surface area contributed by atoms with Crippen LogP contribution in [-0.2, 0) is 13.1 Å². The van der Waals surface area contributed by atoms with Crippen molar-refractivity contribution in [3.63, 3.8) is 0 Å². The zero-order valence-electron chi connectivity index (χ0n) is 29.9. The van der Waals surface area contributed by atoms with Crippen LogP contribution in [0.15, 0.2) is 85.0 Å². The molecule has 0 aliphatic rings. The van der Waals surface area contributed by atoms with E-state index in [-0.39, 0.29) is 0 Å². The van der Waals surface area contributed by atoms with Crippen molar-refractivity contribution in [1.29, 1.82) is 0 Å². The van der Waals surface area contributed by atoms with E-state index in [9.17, 15) is 0 Å². The van der Waals surface area contributed by atoms with Crippen LogP contribution in [-0.4, -0.2) is 17.6 Å². The van der Waals surface area contributed by atoms with E-state index in [1.807, 2.05) is 0 Å². The smallest absolute Gasteiger partial charge is 0.105 e. The van der Waals surface area contributed by atoms with Gasteiger partial charge in [-0.05, 0) is 64.2 Å². The first-order valence-corrected chi connectivity index (χ1v) is 19.5. The third-order valence-electron chi connectivity index (χ3n) is 9.53. The molecule has 2 aromatic carbocycles. The molecular formula is C44H72N+. The highest BCUT2D eigenvalue weighted by atomic mass is 15.3. The zero-order valence-corrected chi connectivity index (χ0v) is 29.9. The molecule has 0 aromatic heterocycles. The summed E-state index contributed by atoms with van der Waals surface area (Å²) in [4.78, 5) is 0. The monoisotopic (exact) mass is 615 g/mol. The van der Waals surface area contributed by atoms with Crippen LogP contribution < -0.4 is 0 Å². The Hall–Kier alpha value is -2.12. The van der Waals surface area contributed by atoms with Crippen molar-refractivity contribution >= 4 is 0 Å². The first kappa shape index (κ1) is 39.1. The van der Waals surface area contributed by atoms with E-state index in [1.54, 1.807) is 0 Å². The van der Waals surface area contributed by atoms with Crippen LogP contribution in [0.4, 0.5) is 0 Å². The summed E-state index contributed by atoms with van der Waals surface area (Å²) < 4.78 is 1.22. The van der Waals surface area contributed by atoms with E-state index >= 15 is 0 Å². The molecule has 1 heteroatoms. The second-order valence-corrected chi connectivity index (χ2v) is 13.8. The summed E-state index contributed by atoms with van der Waals surface area (Å²) in [6.07, 6.45) is 39.5. The highest BCUT2D eigenvalue weighted by Crippen LogP contribution is 2.24. The first-order valence-electron chi connectivity index (χ1n) is 19.5. The van der Waals surface area contributed by atoms with Gasteiger partial charge in [0.05, 0.1) is 13.1 Å². The topological polar surface area (TPSA) is 0 Å². The van der Waals surface area contributed by atoms with Crippen LogP contribution >= 0.6 is 0 Å². The van der Waals surface area contributed by atoms with Gasteiger partial charge in [-0.25, -0.2) is 0 Å². The van der Waals surface area contributed by atoms with Crippen LogP contribution in [0.3, 0.4) is 0 Å². The van der Waals surface area contributed by atoms with Crippen molar-refractivity contribution in [3.05, 3.63) is 96.1 Å². The van der Waals surface area contributed by atoms with Gasteiger partial charge in [-0.3, -0.25) is 0 Å². The van der Waals surface area contributed by atoms with E-state index in [2.05, 4.69) is 98.8 Å². The van der Waals surface area contributed by atoms with E-state index in [1.165, 1.54) is 170 Å². The lowest BCUT2D eigenvalue weighted by Gasteiger charge is -2.39. The van der Waals surface area contributed by atoms with Crippen LogP contribution in [0, 0.1) is 0 Å². The summed E-state index contributed by atoms with van der Waals surface area (Å²) in [6.45, 7) is 9.39. The Morgan fingerprint density at radius 3 is 1.02 bits per heavy atom. The fourth-order valence-electron chi connectivity index (χ4n) is 6.89. The maximum atomic E-state index is 2.37. The number of allylic oxidation sites excluding steroid dienone is 4. The largest absolute Gasteiger partial charge is 0.316 e. The van der Waals surface area contributed by atoms with E-state index < -0.39 is 0 Å². The van der Waals surface area contributed by atoms with Crippen molar-refractivity contribution in [3.8, 4) is 0 Å². The van der Waals surface area contributed by atoms with Gasteiger partial charge in [-0.2, -0.15) is 0 Å². The average Bonchev–Trinajstić information content (AvgIpc) is 3.06. The number of benzene rings is 2. The van der Waals surface area contributed by atoms with Gasteiger partial charge in [0.1, 0.15) is 13.1 Å². The highest BCUT2D eigenvalue weighted by molar-refractivity contribution is 5.15. The summed E-state index contributed by atoms with van der Waals surface area (Å²) in [7, 11) is 0. The van der Waals surface area contributed by atoms with Crippen LogP contribution in [0.5, 0.6) is 0 Å². The Bertz CT molecular complexity index is 864. The Morgan fingerprint density at radius 2 is 0.689 bits per heavy atom. The van der Waals surface area contributed by atoms with Crippen molar-refractivity contribution in [2.45, 2.75) is 168 Å². The molecule has 0 unspecified atom stereocenters. The minimum atomic E-state index is 1.16. The number of hydrogen-bond donors (Lipinski definition) is 0. The molecule has 2 rings (SSSR count). The lowest BCUT2D eigenvalue weighted by atomic mass is 10.0. The molecule has 252 valence electrons. The molecule has 0 amide bonds. The molecule has 0 aliphatic heterocycles. The maximum absolute atomic E-state index is 2.37. The second kappa shape index (κ2) is 28.1. The number of quaternary nitrogens is 1. The quantitative estimate of drug-likeness (QED) is 0.0466. The Morgan fingerprint density at radius 1 is 0.378 bits per heavy atom. The summed E-state index contributed by atoms with van der Waals surface area (Å²) >= 11 is 0. The van der Waals surface area contributed by atoms with Gasteiger partial charge in [0.2, 0.25) is 0 Å². The number of rotatable bonds is 30. The van der Waals surface area contributed by atoms with Gasteiger partial charge in [-0.1, -0.05) is 176 Å². The maximum Gasteiger partial charge on any atom is 0.105 e. The summed E-state index contributed by atoms with van der Waals surface area (Å²) in [5, 5.41) is 0. The van der Waals surface area contributed by atoms with Gasteiger partial charge in [0, 0.05) is 11.1 Å². The lowest BCUT2D eigenvalue weighted by molar-refractivity contribution is -0.954. The third-order valence-corrected chi connectivity index (χ3v) is 9.53. The van der Waals surface area contributed by atoms with Crippen LogP contribution in [0.25, 0.3) is 0 Å². The predicted molar refractivity (Wildman–Crippen MR) is 201 cm³/mol. The molecule has 0 heterocycles. The molecule has 0 fully saturated rings. The van der Waals surface area contributed by atoms with Crippen molar-refractivity contribution in [2.75, 3.05) is 13.1 Å². The predicted octanol–water partition coefficient (Wildman–Crippen LogP) is 13.9. The molecule has 45 heavy (non-hydrogen) atoms. The van der Waals surface area contributed by atoms with E-state index in [4.69, 9.17) is 0 Å². The molecule has 0 bridgehead atoms. The molecule has 0 saturated heterocycles. The summed E-state index contributed by atoms with van der Waals surface area (Å²) in [5.41, 5.74) is 3.01. The van der Waals surface area contributed by atoms with Crippen molar-refractivity contribution in [2.24, 2.45) is 0 Å². The molecule has 2 aromatic rings. The molecule has 0 radical (unpaired) electrons. The standard InChI is InChI=1S/C44H72N/c1-3-5-7-9-11-13-15-17-19-21-23-25-33-39-45(41-43-35-29-27-30-36-43,42-44-37-31-28-32-38-44)40-34-26-24-22-20-18-16-14-12-10-8-6-4-2/h5-8,27-32,35-38H,3-4,9-26,33-34,39-42H2,1-2H3/q+1/b7-5+,8-6+. The van der Waals surface area contributed by atoms with Gasteiger partial charge in [0.25, 0.3) is 0 Å².